The highest BCUT2D eigenvalue weighted by molar-refractivity contribution is 6.20. The van der Waals surface area contributed by atoms with Gasteiger partial charge >= 0.3 is 0 Å². The summed E-state index contributed by atoms with van der Waals surface area (Å²) in [6.07, 6.45) is 5.36. The van der Waals surface area contributed by atoms with Gasteiger partial charge in [0.1, 0.15) is 0 Å². The second-order valence-electron chi connectivity index (χ2n) is 6.17. The van der Waals surface area contributed by atoms with Gasteiger partial charge in [-0.25, -0.2) is 0 Å². The fourth-order valence-electron chi connectivity index (χ4n) is 1.99. The van der Waals surface area contributed by atoms with Gasteiger partial charge < -0.3 is 5.32 Å². The van der Waals surface area contributed by atoms with Gasteiger partial charge in [-0.3, -0.25) is 4.79 Å². The second kappa shape index (κ2) is 5.90. The summed E-state index contributed by atoms with van der Waals surface area (Å²) in [5.41, 5.74) is 0.227. The Morgan fingerprint density at radius 3 is 2.50 bits per heavy atom. The molecule has 0 radical (unpaired) electrons. The zero-order valence-corrected chi connectivity index (χ0v) is 11.4. The van der Waals surface area contributed by atoms with Gasteiger partial charge in [-0.05, 0) is 30.6 Å². The summed E-state index contributed by atoms with van der Waals surface area (Å²) in [6.45, 7) is 7.10. The van der Waals surface area contributed by atoms with Gasteiger partial charge in [-0.15, -0.1) is 11.6 Å². The lowest BCUT2D eigenvalue weighted by Gasteiger charge is -2.25. The summed E-state index contributed by atoms with van der Waals surface area (Å²) in [6, 6.07) is 0. The first kappa shape index (κ1) is 13.8. The first-order valence-electron chi connectivity index (χ1n) is 6.27. The SMILES string of the molecule is CC(C)(C)CC(Cl)CNC(=O)CC1CCC1. The highest BCUT2D eigenvalue weighted by Gasteiger charge is 2.21. The Morgan fingerprint density at radius 1 is 1.44 bits per heavy atom. The quantitative estimate of drug-likeness (QED) is 0.740. The van der Waals surface area contributed by atoms with E-state index in [1.807, 2.05) is 0 Å². The van der Waals surface area contributed by atoms with Crippen molar-refractivity contribution in [2.45, 2.75) is 58.3 Å². The first-order chi connectivity index (χ1) is 7.37. The third kappa shape index (κ3) is 5.74. The molecule has 3 heteroatoms. The minimum atomic E-state index is 0.0466. The monoisotopic (exact) mass is 245 g/mol. The molecular formula is C13H24ClNO. The number of rotatable bonds is 5. The van der Waals surface area contributed by atoms with Crippen LogP contribution in [0.15, 0.2) is 0 Å². The molecule has 1 unspecified atom stereocenters. The van der Waals surface area contributed by atoms with E-state index in [1.165, 1.54) is 19.3 Å². The number of nitrogens with one attached hydrogen (secondary N) is 1. The molecule has 0 aromatic rings. The van der Waals surface area contributed by atoms with Crippen molar-refractivity contribution in [3.8, 4) is 0 Å². The zero-order chi connectivity index (χ0) is 12.2. The van der Waals surface area contributed by atoms with Crippen molar-refractivity contribution >= 4 is 17.5 Å². The average molecular weight is 246 g/mol. The first-order valence-corrected chi connectivity index (χ1v) is 6.71. The summed E-state index contributed by atoms with van der Waals surface area (Å²) in [5, 5.41) is 2.98. The van der Waals surface area contributed by atoms with Crippen LogP contribution >= 0.6 is 11.6 Å². The van der Waals surface area contributed by atoms with Crippen LogP contribution in [-0.4, -0.2) is 17.8 Å². The molecule has 1 saturated carbocycles. The molecule has 2 nitrogen and oxygen atoms in total. The lowest BCUT2D eigenvalue weighted by atomic mass is 9.83. The number of amides is 1. The Balaban J connectivity index is 2.10. The van der Waals surface area contributed by atoms with Crippen LogP contribution < -0.4 is 5.32 Å². The smallest absolute Gasteiger partial charge is 0.220 e. The number of carbonyl (C=O) groups excluding carboxylic acids is 1. The Hall–Kier alpha value is -0.240. The van der Waals surface area contributed by atoms with Crippen LogP contribution in [0, 0.1) is 11.3 Å². The molecule has 1 N–H and O–H groups in total. The number of hydrogen-bond donors (Lipinski definition) is 1. The topological polar surface area (TPSA) is 29.1 Å². The number of alkyl halides is 1. The molecule has 1 rings (SSSR count). The fourth-order valence-corrected chi connectivity index (χ4v) is 2.53. The molecule has 0 heterocycles. The van der Waals surface area contributed by atoms with E-state index >= 15 is 0 Å². The maximum absolute atomic E-state index is 11.5. The molecule has 0 bridgehead atoms. The predicted octanol–water partition coefficient (Wildman–Crippen LogP) is 3.34. The second-order valence-corrected chi connectivity index (χ2v) is 6.78. The van der Waals surface area contributed by atoms with E-state index in [2.05, 4.69) is 26.1 Å². The van der Waals surface area contributed by atoms with Crippen molar-refractivity contribution in [1.29, 1.82) is 0 Å². The summed E-state index contributed by atoms with van der Waals surface area (Å²) < 4.78 is 0. The standard InChI is InChI=1S/C13H24ClNO/c1-13(2,3)8-11(14)9-15-12(16)7-10-5-4-6-10/h10-11H,4-9H2,1-3H3,(H,15,16). The number of carbonyl (C=O) groups is 1. The maximum atomic E-state index is 11.5. The van der Waals surface area contributed by atoms with Crippen molar-refractivity contribution in [2.24, 2.45) is 11.3 Å². The van der Waals surface area contributed by atoms with Gasteiger partial charge in [-0.2, -0.15) is 0 Å². The summed E-state index contributed by atoms with van der Waals surface area (Å²) in [4.78, 5) is 11.5. The third-order valence-corrected chi connectivity index (χ3v) is 3.36. The molecule has 1 fully saturated rings. The molecule has 94 valence electrons. The summed E-state index contributed by atoms with van der Waals surface area (Å²) in [7, 11) is 0. The van der Waals surface area contributed by atoms with Gasteiger partial charge in [0, 0.05) is 13.0 Å². The van der Waals surface area contributed by atoms with E-state index in [0.717, 1.165) is 6.42 Å². The van der Waals surface area contributed by atoms with Crippen LogP contribution in [0.1, 0.15) is 52.9 Å². The Bertz CT molecular complexity index is 231. The van der Waals surface area contributed by atoms with E-state index in [1.54, 1.807) is 0 Å². The molecule has 1 aliphatic rings. The van der Waals surface area contributed by atoms with Crippen molar-refractivity contribution < 1.29 is 4.79 Å². The average Bonchev–Trinajstić information content (AvgIpc) is 2.05. The van der Waals surface area contributed by atoms with E-state index < -0.39 is 0 Å². The number of hydrogen-bond acceptors (Lipinski definition) is 1. The van der Waals surface area contributed by atoms with Crippen molar-refractivity contribution in [3.63, 3.8) is 0 Å². The van der Waals surface area contributed by atoms with E-state index in [-0.39, 0.29) is 16.7 Å². The van der Waals surface area contributed by atoms with Crippen LogP contribution in [0.4, 0.5) is 0 Å². The highest BCUT2D eigenvalue weighted by atomic mass is 35.5. The van der Waals surface area contributed by atoms with Crippen LogP contribution in [0.5, 0.6) is 0 Å². The highest BCUT2D eigenvalue weighted by Crippen LogP contribution is 2.29. The van der Waals surface area contributed by atoms with Gasteiger partial charge in [0.15, 0.2) is 0 Å². The zero-order valence-electron chi connectivity index (χ0n) is 10.7. The van der Waals surface area contributed by atoms with Crippen LogP contribution in [0.3, 0.4) is 0 Å². The predicted molar refractivity (Wildman–Crippen MR) is 68.7 cm³/mol. The van der Waals surface area contributed by atoms with Gasteiger partial charge in [-0.1, -0.05) is 27.2 Å². The minimum absolute atomic E-state index is 0.0466. The Morgan fingerprint density at radius 2 is 2.06 bits per heavy atom. The van der Waals surface area contributed by atoms with Gasteiger partial charge in [0.2, 0.25) is 5.91 Å². The lowest BCUT2D eigenvalue weighted by Crippen LogP contribution is -2.33. The largest absolute Gasteiger partial charge is 0.355 e. The normalized spacial score (nSPS) is 19.0. The van der Waals surface area contributed by atoms with Crippen LogP contribution in [-0.2, 0) is 4.79 Å². The third-order valence-electron chi connectivity index (χ3n) is 3.05. The van der Waals surface area contributed by atoms with Crippen molar-refractivity contribution in [1.82, 2.24) is 5.32 Å². The molecular weight excluding hydrogens is 222 g/mol. The Labute approximate surface area is 104 Å². The van der Waals surface area contributed by atoms with Crippen molar-refractivity contribution in [2.75, 3.05) is 6.54 Å². The van der Waals surface area contributed by atoms with Gasteiger partial charge in [0.05, 0.1) is 5.38 Å². The maximum Gasteiger partial charge on any atom is 0.220 e. The molecule has 0 aromatic carbocycles. The number of halogens is 1. The van der Waals surface area contributed by atoms with Crippen LogP contribution in [0.25, 0.3) is 0 Å². The summed E-state index contributed by atoms with van der Waals surface area (Å²) in [5.74, 6) is 0.806. The molecule has 16 heavy (non-hydrogen) atoms. The van der Waals surface area contributed by atoms with E-state index in [9.17, 15) is 4.79 Å². The molecule has 0 aromatic heterocycles. The molecule has 1 amide bonds. The van der Waals surface area contributed by atoms with E-state index in [0.29, 0.717) is 18.9 Å². The molecule has 1 atom stereocenters. The lowest BCUT2D eigenvalue weighted by molar-refractivity contribution is -0.122. The molecule has 0 spiro atoms. The molecule has 1 aliphatic carbocycles. The minimum Gasteiger partial charge on any atom is -0.355 e. The fraction of sp³-hybridized carbons (Fsp3) is 0.923. The van der Waals surface area contributed by atoms with Crippen LogP contribution in [0.2, 0.25) is 0 Å². The molecule has 0 aliphatic heterocycles. The Kier molecular flexibility index (Phi) is 5.10. The molecule has 0 saturated heterocycles. The summed E-state index contributed by atoms with van der Waals surface area (Å²) >= 11 is 6.18. The van der Waals surface area contributed by atoms with Gasteiger partial charge in [0.25, 0.3) is 0 Å². The van der Waals surface area contributed by atoms with E-state index in [4.69, 9.17) is 11.6 Å². The van der Waals surface area contributed by atoms with Crippen molar-refractivity contribution in [3.05, 3.63) is 0 Å².